The average molecular weight is 718 g/mol. The molecule has 13 heteroatoms. The number of halogens is 5. The molecule has 4 aromatic rings. The molecule has 0 heterocycles. The number of alkyl halides is 3. The highest BCUT2D eigenvalue weighted by Crippen LogP contribution is 2.38. The van der Waals surface area contributed by atoms with Crippen LogP contribution < -0.4 is 9.62 Å². The Bertz CT molecular complexity index is 1850. The van der Waals surface area contributed by atoms with Crippen LogP contribution in [0, 0.1) is 18.7 Å². The molecule has 4 aromatic carbocycles. The zero-order valence-electron chi connectivity index (χ0n) is 27.0. The van der Waals surface area contributed by atoms with Crippen molar-refractivity contribution in [3.8, 4) is 0 Å². The second-order valence-electron chi connectivity index (χ2n) is 12.0. The summed E-state index contributed by atoms with van der Waals surface area (Å²) in [6, 6.07) is 21.1. The molecule has 0 fully saturated rings. The van der Waals surface area contributed by atoms with Gasteiger partial charge in [0.05, 0.1) is 21.2 Å². The fourth-order valence-corrected chi connectivity index (χ4v) is 6.65. The number of amides is 2. The van der Waals surface area contributed by atoms with Gasteiger partial charge in [-0.1, -0.05) is 85.6 Å². The standard InChI is InChI=1S/C36H36ClF4N3O4S/c1-24(2)21-42-35(46)33(19-26-7-5-4-6-8-26)43(22-27-11-13-28(38)14-12-27)34(45)23-44(49(47,48)30-16-9-25(3)10-17-30)29-15-18-32(37)31(20-29)36(39,40)41/h4-18,20,24,33H,19,21-23H2,1-3H3,(H,42,46)/t33-/m0/s1. The normalized spacial score (nSPS) is 12.4. The molecule has 0 aliphatic heterocycles. The van der Waals surface area contributed by atoms with E-state index in [-0.39, 0.29) is 30.3 Å². The molecule has 0 aromatic heterocycles. The monoisotopic (exact) mass is 717 g/mol. The van der Waals surface area contributed by atoms with Crippen molar-refractivity contribution in [2.24, 2.45) is 5.92 Å². The van der Waals surface area contributed by atoms with E-state index in [9.17, 15) is 35.6 Å². The third-order valence-corrected chi connectivity index (χ3v) is 9.77. The van der Waals surface area contributed by atoms with Gasteiger partial charge in [0, 0.05) is 19.5 Å². The van der Waals surface area contributed by atoms with Gasteiger partial charge in [0.15, 0.2) is 0 Å². The van der Waals surface area contributed by atoms with Crippen molar-refractivity contribution in [2.75, 3.05) is 17.4 Å². The maximum atomic E-state index is 14.5. The summed E-state index contributed by atoms with van der Waals surface area (Å²) in [5.74, 6) is -1.88. The van der Waals surface area contributed by atoms with Gasteiger partial charge in [0.2, 0.25) is 11.8 Å². The lowest BCUT2D eigenvalue weighted by atomic mass is 10.0. The van der Waals surface area contributed by atoms with Crippen molar-refractivity contribution in [1.29, 1.82) is 0 Å². The van der Waals surface area contributed by atoms with Crippen LogP contribution in [0.15, 0.2) is 102 Å². The Hall–Kier alpha value is -4.42. The first-order valence-corrected chi connectivity index (χ1v) is 17.2. The van der Waals surface area contributed by atoms with Crippen molar-refractivity contribution in [3.63, 3.8) is 0 Å². The van der Waals surface area contributed by atoms with E-state index >= 15 is 0 Å². The topological polar surface area (TPSA) is 86.8 Å². The Kier molecular flexibility index (Phi) is 12.1. The summed E-state index contributed by atoms with van der Waals surface area (Å²) < 4.78 is 84.5. The van der Waals surface area contributed by atoms with Gasteiger partial charge in [-0.05, 0) is 66.4 Å². The average Bonchev–Trinajstić information content (AvgIpc) is 3.05. The molecular weight excluding hydrogens is 682 g/mol. The molecular formula is C36H36ClF4N3O4S. The first kappa shape index (κ1) is 37.4. The molecule has 7 nitrogen and oxygen atoms in total. The number of rotatable bonds is 13. The molecule has 4 rings (SSSR count). The Balaban J connectivity index is 1.86. The number of benzene rings is 4. The highest BCUT2D eigenvalue weighted by molar-refractivity contribution is 7.92. The van der Waals surface area contributed by atoms with Crippen molar-refractivity contribution >= 4 is 39.1 Å². The predicted molar refractivity (Wildman–Crippen MR) is 181 cm³/mol. The quantitative estimate of drug-likeness (QED) is 0.146. The first-order valence-electron chi connectivity index (χ1n) is 15.4. The molecule has 1 atom stereocenters. The summed E-state index contributed by atoms with van der Waals surface area (Å²) >= 11 is 5.86. The third kappa shape index (κ3) is 9.82. The molecule has 0 aliphatic rings. The second-order valence-corrected chi connectivity index (χ2v) is 14.2. The van der Waals surface area contributed by atoms with Crippen molar-refractivity contribution in [2.45, 2.75) is 50.9 Å². The zero-order valence-corrected chi connectivity index (χ0v) is 28.6. The Morgan fingerprint density at radius 2 is 1.51 bits per heavy atom. The smallest absolute Gasteiger partial charge is 0.354 e. The van der Waals surface area contributed by atoms with E-state index in [0.29, 0.717) is 21.5 Å². The highest BCUT2D eigenvalue weighted by atomic mass is 35.5. The summed E-state index contributed by atoms with van der Waals surface area (Å²) in [6.45, 7) is 4.59. The van der Waals surface area contributed by atoms with E-state index in [1.807, 2.05) is 13.8 Å². The van der Waals surface area contributed by atoms with Crippen LogP contribution in [0.25, 0.3) is 0 Å². The van der Waals surface area contributed by atoms with Gasteiger partial charge in [-0.2, -0.15) is 13.2 Å². The summed E-state index contributed by atoms with van der Waals surface area (Å²) in [4.78, 5) is 29.2. The van der Waals surface area contributed by atoms with Gasteiger partial charge in [-0.15, -0.1) is 0 Å². The van der Waals surface area contributed by atoms with Gasteiger partial charge in [-0.25, -0.2) is 12.8 Å². The Labute approximate surface area is 288 Å². The van der Waals surface area contributed by atoms with Gasteiger partial charge >= 0.3 is 6.18 Å². The Morgan fingerprint density at radius 1 is 0.878 bits per heavy atom. The number of carbonyl (C=O) groups is 2. The number of hydrogen-bond acceptors (Lipinski definition) is 4. The van der Waals surface area contributed by atoms with E-state index in [1.165, 1.54) is 53.4 Å². The van der Waals surface area contributed by atoms with E-state index in [4.69, 9.17) is 11.6 Å². The number of hydrogen-bond donors (Lipinski definition) is 1. The predicted octanol–water partition coefficient (Wildman–Crippen LogP) is 7.41. The minimum Gasteiger partial charge on any atom is -0.354 e. The lowest BCUT2D eigenvalue weighted by molar-refractivity contribution is -0.140. The summed E-state index contributed by atoms with van der Waals surface area (Å²) in [5.41, 5.74) is 0.107. The molecule has 0 spiro atoms. The van der Waals surface area contributed by atoms with Crippen molar-refractivity contribution < 1.29 is 35.6 Å². The molecule has 0 aliphatic carbocycles. The van der Waals surface area contributed by atoms with E-state index < -0.39 is 62.7 Å². The zero-order chi connectivity index (χ0) is 35.9. The number of nitrogens with zero attached hydrogens (tertiary/aromatic N) is 2. The minimum atomic E-state index is -4.93. The fraction of sp³-hybridized carbons (Fsp3) is 0.278. The molecule has 0 bridgehead atoms. The summed E-state index contributed by atoms with van der Waals surface area (Å²) in [7, 11) is -4.65. The number of sulfonamides is 1. The van der Waals surface area contributed by atoms with Gasteiger partial charge < -0.3 is 10.2 Å². The van der Waals surface area contributed by atoms with E-state index in [1.54, 1.807) is 37.3 Å². The molecule has 0 radical (unpaired) electrons. The van der Waals surface area contributed by atoms with E-state index in [0.717, 1.165) is 17.7 Å². The summed E-state index contributed by atoms with van der Waals surface area (Å²) in [6.07, 6.45) is -4.90. The van der Waals surface area contributed by atoms with Gasteiger partial charge in [0.1, 0.15) is 18.4 Å². The lowest BCUT2D eigenvalue weighted by Crippen LogP contribution is -2.53. The molecule has 1 N–H and O–H groups in total. The minimum absolute atomic E-state index is 0.0293. The number of aryl methyl sites for hydroxylation is 1. The maximum Gasteiger partial charge on any atom is 0.417 e. The van der Waals surface area contributed by atoms with Crippen LogP contribution in [0.5, 0.6) is 0 Å². The first-order chi connectivity index (χ1) is 23.1. The van der Waals surface area contributed by atoms with Crippen molar-refractivity contribution in [3.05, 3.63) is 130 Å². The van der Waals surface area contributed by atoms with Gasteiger partial charge in [-0.3, -0.25) is 13.9 Å². The summed E-state index contributed by atoms with van der Waals surface area (Å²) in [5, 5.41) is 2.19. The maximum absolute atomic E-state index is 14.5. The van der Waals surface area contributed by atoms with Crippen LogP contribution in [0.2, 0.25) is 5.02 Å². The van der Waals surface area contributed by atoms with Crippen molar-refractivity contribution in [1.82, 2.24) is 10.2 Å². The molecule has 0 saturated heterocycles. The lowest BCUT2D eigenvalue weighted by Gasteiger charge is -2.34. The van der Waals surface area contributed by atoms with Crippen LogP contribution in [0.1, 0.15) is 36.1 Å². The number of nitrogens with one attached hydrogen (secondary N) is 1. The molecule has 49 heavy (non-hydrogen) atoms. The van der Waals surface area contributed by atoms with Gasteiger partial charge in [0.25, 0.3) is 10.0 Å². The van der Waals surface area contributed by atoms with Crippen LogP contribution in [0.4, 0.5) is 23.2 Å². The Morgan fingerprint density at radius 3 is 2.10 bits per heavy atom. The third-order valence-electron chi connectivity index (χ3n) is 7.65. The van der Waals surface area contributed by atoms with Crippen LogP contribution in [-0.2, 0) is 38.8 Å². The molecule has 2 amide bonds. The highest BCUT2D eigenvalue weighted by Gasteiger charge is 2.37. The van der Waals surface area contributed by atoms with Crippen LogP contribution in [-0.4, -0.2) is 44.3 Å². The fourth-order valence-electron chi connectivity index (χ4n) is 5.01. The molecule has 260 valence electrons. The second kappa shape index (κ2) is 15.9. The molecule has 0 unspecified atom stereocenters. The molecule has 0 saturated carbocycles. The number of anilines is 1. The number of carbonyl (C=O) groups excluding carboxylic acids is 2. The SMILES string of the molecule is Cc1ccc(S(=O)(=O)N(CC(=O)N(Cc2ccc(F)cc2)[C@@H](Cc2ccccc2)C(=O)NCC(C)C)c2ccc(Cl)c(C(F)(F)F)c2)cc1. The van der Waals surface area contributed by atoms with Crippen LogP contribution >= 0.6 is 11.6 Å². The largest absolute Gasteiger partial charge is 0.417 e. The van der Waals surface area contributed by atoms with Crippen LogP contribution in [0.3, 0.4) is 0 Å². The van der Waals surface area contributed by atoms with E-state index in [2.05, 4.69) is 5.32 Å².